The van der Waals surface area contributed by atoms with E-state index in [4.69, 9.17) is 0 Å². The third-order valence-corrected chi connectivity index (χ3v) is 10.2. The van der Waals surface area contributed by atoms with Gasteiger partial charge in [0.15, 0.2) is 0 Å². The fourth-order valence-corrected chi connectivity index (χ4v) is 7.96. The van der Waals surface area contributed by atoms with E-state index in [1.807, 2.05) is 0 Å². The van der Waals surface area contributed by atoms with Crippen molar-refractivity contribution in [3.05, 3.63) is 194 Å². The summed E-state index contributed by atoms with van der Waals surface area (Å²) in [4.78, 5) is 2.46. The maximum atomic E-state index is 2.46. The van der Waals surface area contributed by atoms with Crippen molar-refractivity contribution >= 4 is 66.1 Å². The molecule has 9 rings (SSSR count). The van der Waals surface area contributed by atoms with E-state index in [0.717, 1.165) is 17.1 Å². The molecule has 1 heterocycles. The molecule has 9 aromatic rings. The molecule has 248 valence electrons. The second-order valence-electron chi connectivity index (χ2n) is 13.2. The maximum absolute atomic E-state index is 2.46. The summed E-state index contributed by atoms with van der Waals surface area (Å²) in [5.41, 5.74) is 11.8. The lowest BCUT2D eigenvalue weighted by molar-refractivity contribution is 1.23. The molecule has 0 aliphatic carbocycles. The van der Waals surface area contributed by atoms with Gasteiger partial charge in [0, 0.05) is 38.6 Å². The van der Waals surface area contributed by atoms with Crippen molar-refractivity contribution in [2.24, 2.45) is 0 Å². The van der Waals surface area contributed by atoms with Crippen LogP contribution in [-0.2, 0) is 0 Å². The van der Waals surface area contributed by atoms with E-state index >= 15 is 0 Å². The lowest BCUT2D eigenvalue weighted by Gasteiger charge is -2.29. The van der Waals surface area contributed by atoms with Gasteiger partial charge in [0.25, 0.3) is 0 Å². The summed E-state index contributed by atoms with van der Waals surface area (Å²) >= 11 is 0. The van der Waals surface area contributed by atoms with Crippen LogP contribution in [0.25, 0.3) is 71.3 Å². The number of nitrogens with zero attached hydrogens (tertiary/aromatic N) is 2. The molecule has 52 heavy (non-hydrogen) atoms. The van der Waals surface area contributed by atoms with Crippen molar-refractivity contribution in [2.75, 3.05) is 4.90 Å². The van der Waals surface area contributed by atoms with Crippen molar-refractivity contribution in [3.63, 3.8) is 0 Å². The minimum atomic E-state index is 1.11. The molecular weight excluding hydrogens is 629 g/mol. The van der Waals surface area contributed by atoms with E-state index in [1.165, 1.54) is 71.3 Å². The lowest BCUT2D eigenvalue weighted by atomic mass is 9.90. The Kier molecular flexibility index (Phi) is 7.98. The van der Waals surface area contributed by atoms with Crippen molar-refractivity contribution in [2.45, 2.75) is 13.8 Å². The molecule has 0 aliphatic rings. The summed E-state index contributed by atoms with van der Waals surface area (Å²) < 4.78 is 2.40. The Morgan fingerprint density at radius 3 is 1.56 bits per heavy atom. The monoisotopic (exact) mass is 666 g/mol. The Morgan fingerprint density at radius 2 is 0.962 bits per heavy atom. The predicted molar refractivity (Wildman–Crippen MR) is 225 cm³/mol. The average molecular weight is 667 g/mol. The van der Waals surface area contributed by atoms with Crippen LogP contribution < -0.4 is 4.90 Å². The number of anilines is 3. The van der Waals surface area contributed by atoms with E-state index in [-0.39, 0.29) is 0 Å². The highest BCUT2D eigenvalue weighted by atomic mass is 15.1. The molecule has 0 atom stereocenters. The van der Waals surface area contributed by atoms with Gasteiger partial charge in [-0.25, -0.2) is 0 Å². The first-order valence-electron chi connectivity index (χ1n) is 18.0. The molecule has 0 aliphatic heterocycles. The predicted octanol–water partition coefficient (Wildman–Crippen LogP) is 14.3. The molecule has 0 radical (unpaired) electrons. The average Bonchev–Trinajstić information content (AvgIpc) is 3.53. The summed E-state index contributed by atoms with van der Waals surface area (Å²) in [7, 11) is 0. The standard InChI is InChI=1S/C50H38N2/c1-3-18-38(4-2)52-47-31-29-37(35-19-8-5-9-20-35)33-45(47)46-34-40(30-32-48(46)52)51(39-23-12-7-13-24-39)50-43-27-16-14-25-41(43)49(36-21-10-6-11-22-36)42-26-15-17-28-44(42)50/h3-34H,1-2H3/b18-3-,38-4+. The van der Waals surface area contributed by atoms with Crippen LogP contribution in [0.2, 0.25) is 0 Å². The SMILES string of the molecule is C/C=C\C(=C/C)n1c2ccc(-c3ccccc3)cc2c2cc(N(c3ccccc3)c3c4ccccc4c(-c4ccccc4)c4ccccc34)ccc21. The van der Waals surface area contributed by atoms with Crippen LogP contribution in [0, 0.1) is 0 Å². The van der Waals surface area contributed by atoms with Gasteiger partial charge in [0.1, 0.15) is 0 Å². The van der Waals surface area contributed by atoms with Gasteiger partial charge >= 0.3 is 0 Å². The first kappa shape index (κ1) is 31.3. The van der Waals surface area contributed by atoms with E-state index in [9.17, 15) is 0 Å². The van der Waals surface area contributed by atoms with Gasteiger partial charge in [-0.2, -0.15) is 0 Å². The normalized spacial score (nSPS) is 12.1. The van der Waals surface area contributed by atoms with Gasteiger partial charge in [0.05, 0.1) is 16.7 Å². The van der Waals surface area contributed by atoms with Crippen LogP contribution in [-0.4, -0.2) is 4.57 Å². The Balaban J connectivity index is 1.38. The summed E-state index contributed by atoms with van der Waals surface area (Å²) in [6, 6.07) is 64.0. The molecule has 0 unspecified atom stereocenters. The largest absolute Gasteiger partial charge is 0.310 e. The topological polar surface area (TPSA) is 8.17 Å². The molecule has 8 aromatic carbocycles. The van der Waals surface area contributed by atoms with Crippen LogP contribution in [0.3, 0.4) is 0 Å². The Bertz CT molecular complexity index is 2730. The lowest BCUT2D eigenvalue weighted by Crippen LogP contribution is -2.11. The molecule has 0 spiro atoms. The summed E-state index contributed by atoms with van der Waals surface area (Å²) in [5, 5.41) is 7.33. The van der Waals surface area contributed by atoms with Crippen LogP contribution in [0.4, 0.5) is 17.1 Å². The fraction of sp³-hybridized carbons (Fsp3) is 0.0400. The summed E-state index contributed by atoms with van der Waals surface area (Å²) in [5.74, 6) is 0. The first-order valence-corrected chi connectivity index (χ1v) is 18.0. The van der Waals surface area contributed by atoms with Crippen molar-refractivity contribution < 1.29 is 0 Å². The summed E-state index contributed by atoms with van der Waals surface area (Å²) in [6.07, 6.45) is 6.51. The molecule has 0 saturated heterocycles. The number of aromatic nitrogens is 1. The molecule has 0 bridgehead atoms. The minimum absolute atomic E-state index is 1.11. The van der Waals surface area contributed by atoms with Gasteiger partial charge in [-0.3, -0.25) is 0 Å². The molecule has 0 fully saturated rings. The van der Waals surface area contributed by atoms with Crippen LogP contribution >= 0.6 is 0 Å². The molecule has 2 nitrogen and oxygen atoms in total. The highest BCUT2D eigenvalue weighted by Crippen LogP contribution is 2.49. The zero-order valence-corrected chi connectivity index (χ0v) is 29.4. The Morgan fingerprint density at radius 1 is 0.442 bits per heavy atom. The number of hydrogen-bond acceptors (Lipinski definition) is 1. The molecule has 0 N–H and O–H groups in total. The third-order valence-electron chi connectivity index (χ3n) is 10.2. The fourth-order valence-electron chi connectivity index (χ4n) is 7.96. The number of fused-ring (bicyclic) bond motifs is 5. The highest BCUT2D eigenvalue weighted by Gasteiger charge is 2.23. The zero-order valence-electron chi connectivity index (χ0n) is 29.4. The quantitative estimate of drug-likeness (QED) is 0.121. The Hall–Kier alpha value is -6.64. The van der Waals surface area contributed by atoms with E-state index in [1.54, 1.807) is 0 Å². The minimum Gasteiger partial charge on any atom is -0.310 e. The number of benzene rings is 8. The second kappa shape index (κ2) is 13.2. The zero-order chi connectivity index (χ0) is 35.0. The second-order valence-corrected chi connectivity index (χ2v) is 13.2. The molecule has 0 saturated carbocycles. The van der Waals surface area contributed by atoms with Crippen LogP contribution in [0.15, 0.2) is 194 Å². The number of para-hydroxylation sites is 1. The van der Waals surface area contributed by atoms with E-state index in [0.29, 0.717) is 0 Å². The van der Waals surface area contributed by atoms with Gasteiger partial charge in [-0.05, 0) is 95.4 Å². The van der Waals surface area contributed by atoms with E-state index < -0.39 is 0 Å². The number of hydrogen-bond donors (Lipinski definition) is 0. The molecule has 1 aromatic heterocycles. The Labute approximate surface area is 304 Å². The highest BCUT2D eigenvalue weighted by molar-refractivity contribution is 6.23. The van der Waals surface area contributed by atoms with Crippen LogP contribution in [0.1, 0.15) is 13.8 Å². The number of rotatable bonds is 7. The van der Waals surface area contributed by atoms with Crippen molar-refractivity contribution in [3.8, 4) is 22.3 Å². The van der Waals surface area contributed by atoms with Crippen molar-refractivity contribution in [1.82, 2.24) is 4.57 Å². The summed E-state index contributed by atoms with van der Waals surface area (Å²) in [6.45, 7) is 4.20. The van der Waals surface area contributed by atoms with Gasteiger partial charge in [-0.15, -0.1) is 0 Å². The van der Waals surface area contributed by atoms with Crippen LogP contribution in [0.5, 0.6) is 0 Å². The van der Waals surface area contributed by atoms with E-state index in [2.05, 4.69) is 217 Å². The van der Waals surface area contributed by atoms with Gasteiger partial charge in [0.2, 0.25) is 0 Å². The van der Waals surface area contributed by atoms with Crippen molar-refractivity contribution in [1.29, 1.82) is 0 Å². The third kappa shape index (κ3) is 5.20. The van der Waals surface area contributed by atoms with Gasteiger partial charge in [-0.1, -0.05) is 146 Å². The maximum Gasteiger partial charge on any atom is 0.0618 e. The first-order chi connectivity index (χ1) is 25.7. The number of allylic oxidation sites excluding steroid dienone is 4. The molecule has 2 heteroatoms. The molecule has 0 amide bonds. The molecular formula is C50H38N2. The smallest absolute Gasteiger partial charge is 0.0618 e. The van der Waals surface area contributed by atoms with Gasteiger partial charge < -0.3 is 9.47 Å².